The Morgan fingerprint density at radius 1 is 0.579 bits per heavy atom. The van der Waals surface area contributed by atoms with Gasteiger partial charge in [0.25, 0.3) is 0 Å². The molecule has 0 aliphatic rings. The normalized spacial score (nSPS) is 17.5. The van der Waals surface area contributed by atoms with Crippen molar-refractivity contribution in [2.45, 2.75) is 26.7 Å². The average Bonchev–Trinajstić information content (AvgIpc) is 2.14. The van der Waals surface area contributed by atoms with Crippen LogP contribution in [0.15, 0.2) is 0 Å². The summed E-state index contributed by atoms with van der Waals surface area (Å²) in [5.74, 6) is 0. The molecule has 0 rings (SSSR count). The highest BCUT2D eigenvalue weighted by molar-refractivity contribution is 6.81. The van der Waals surface area contributed by atoms with Crippen molar-refractivity contribution in [2.75, 3.05) is 0 Å². The molecule has 1 atom stereocenters. The minimum absolute atomic E-state index is 2.00. The van der Waals surface area contributed by atoms with Crippen molar-refractivity contribution >= 4 is 139 Å². The number of hydrogen-bond acceptors (Lipinski definition) is 1. The fourth-order valence-electron chi connectivity index (χ4n) is 0.734. The van der Waals surface area contributed by atoms with Crippen LogP contribution in [-0.4, -0.2) is 31.8 Å². The summed E-state index contributed by atoms with van der Waals surface area (Å²) in [6.45, 7) is 0. The molecule has 0 saturated heterocycles. The van der Waals surface area contributed by atoms with Crippen LogP contribution in [0.2, 0.25) is 0 Å². The molecule has 0 spiro atoms. The van der Waals surface area contributed by atoms with Crippen molar-refractivity contribution in [1.29, 1.82) is 0 Å². The summed E-state index contributed by atoms with van der Waals surface area (Å²) in [6, 6.07) is 0. The van der Waals surface area contributed by atoms with Gasteiger partial charge >= 0.3 is 0 Å². The van der Waals surface area contributed by atoms with Crippen LogP contribution >= 0.6 is 139 Å². The van der Waals surface area contributed by atoms with E-state index in [-0.39, 0.29) is 0 Å². The zero-order valence-corrected chi connectivity index (χ0v) is 17.1. The Bertz CT molecular complexity index is 328. The van der Waals surface area contributed by atoms with Gasteiger partial charge in [-0.1, -0.05) is 139 Å². The van der Waals surface area contributed by atoms with Crippen LogP contribution in [0.4, 0.5) is 0 Å². The number of aliphatic hydroxyl groups is 1. The Labute approximate surface area is 169 Å². The lowest BCUT2D eigenvalue weighted by Gasteiger charge is -2.48. The minimum Gasteiger partial charge on any atom is -0.374 e. The molecular formula is C6H2Cl12O. The lowest BCUT2D eigenvalue weighted by atomic mass is 10.1. The van der Waals surface area contributed by atoms with E-state index < -0.39 is 26.7 Å². The smallest absolute Gasteiger partial charge is 0.226 e. The molecule has 1 unspecified atom stereocenters. The van der Waals surface area contributed by atoms with Crippen LogP contribution in [0.25, 0.3) is 0 Å². The molecule has 0 radical (unpaired) electrons. The first-order valence-corrected chi connectivity index (χ1v) is 8.44. The summed E-state index contributed by atoms with van der Waals surface area (Å²) in [4.78, 5) is 0. The molecule has 13 heteroatoms. The first-order valence-electron chi connectivity index (χ1n) is 3.84. The molecule has 19 heavy (non-hydrogen) atoms. The summed E-state index contributed by atoms with van der Waals surface area (Å²) < 4.78 is -12.8. The number of aliphatic hydroxyl groups excluding tert-OH is 1. The van der Waals surface area contributed by atoms with E-state index >= 15 is 0 Å². The highest BCUT2D eigenvalue weighted by atomic mass is 35.6. The standard InChI is InChI=1S/C6H2Cl12O/c7-1(19)2(8,9)3(10,11)4(12,13)5(14,15)6(16,17)18/h1,19H. The van der Waals surface area contributed by atoms with Crippen molar-refractivity contribution < 1.29 is 5.11 Å². The van der Waals surface area contributed by atoms with E-state index in [0.29, 0.717) is 0 Å². The van der Waals surface area contributed by atoms with Crippen molar-refractivity contribution in [3.63, 3.8) is 0 Å². The van der Waals surface area contributed by atoms with Crippen molar-refractivity contribution in [1.82, 2.24) is 0 Å². The number of halogens is 12. The second-order valence-corrected chi connectivity index (χ2v) is 11.2. The molecule has 0 aromatic carbocycles. The van der Waals surface area contributed by atoms with Gasteiger partial charge in [-0.05, 0) is 0 Å². The maximum atomic E-state index is 9.28. The molecule has 0 saturated carbocycles. The van der Waals surface area contributed by atoms with Gasteiger partial charge in [0.2, 0.25) is 8.13 Å². The largest absolute Gasteiger partial charge is 0.374 e. The lowest BCUT2D eigenvalue weighted by Crippen LogP contribution is -2.63. The van der Waals surface area contributed by atoms with Crippen LogP contribution in [0, 0.1) is 0 Å². The third-order valence-corrected chi connectivity index (χ3v) is 9.42. The first-order chi connectivity index (χ1) is 7.94. The zero-order valence-electron chi connectivity index (χ0n) is 8.06. The van der Waals surface area contributed by atoms with E-state index in [1.807, 2.05) is 0 Å². The van der Waals surface area contributed by atoms with E-state index in [4.69, 9.17) is 139 Å². The van der Waals surface area contributed by atoms with E-state index in [9.17, 15) is 5.11 Å². The van der Waals surface area contributed by atoms with E-state index in [2.05, 4.69) is 0 Å². The Kier molecular flexibility index (Phi) is 7.97. The first kappa shape index (κ1) is 22.4. The van der Waals surface area contributed by atoms with Gasteiger partial charge in [-0.2, -0.15) is 0 Å². The summed E-state index contributed by atoms with van der Waals surface area (Å²) in [6.07, 6.45) is 0. The van der Waals surface area contributed by atoms with Gasteiger partial charge < -0.3 is 5.11 Å². The molecular weight excluding hydrogens is 514 g/mol. The zero-order chi connectivity index (χ0) is 16.1. The van der Waals surface area contributed by atoms with Crippen molar-refractivity contribution in [2.24, 2.45) is 0 Å². The summed E-state index contributed by atoms with van der Waals surface area (Å²) in [5.41, 5.74) is -2.00. The van der Waals surface area contributed by atoms with Crippen LogP contribution in [0.1, 0.15) is 0 Å². The van der Waals surface area contributed by atoms with Gasteiger partial charge in [0, 0.05) is 0 Å². The number of rotatable bonds is 4. The molecule has 116 valence electrons. The molecule has 0 bridgehead atoms. The van der Waals surface area contributed by atoms with Crippen molar-refractivity contribution in [3.8, 4) is 0 Å². The molecule has 0 aromatic heterocycles. The SMILES string of the molecule is OC(Cl)C(Cl)(Cl)C(Cl)(Cl)C(Cl)(Cl)C(Cl)(Cl)C(Cl)(Cl)Cl. The molecule has 0 aromatic rings. The van der Waals surface area contributed by atoms with Crippen LogP contribution < -0.4 is 0 Å². The molecule has 1 N–H and O–H groups in total. The Morgan fingerprint density at radius 2 is 0.895 bits per heavy atom. The Balaban J connectivity index is 5.92. The Morgan fingerprint density at radius 3 is 1.11 bits per heavy atom. The fourth-order valence-corrected chi connectivity index (χ4v) is 3.75. The maximum absolute atomic E-state index is 9.28. The van der Waals surface area contributed by atoms with Gasteiger partial charge in [0.05, 0.1) is 0 Å². The summed E-state index contributed by atoms with van der Waals surface area (Å²) in [5, 5.41) is 9.28. The van der Waals surface area contributed by atoms with Gasteiger partial charge in [-0.3, -0.25) is 0 Å². The summed E-state index contributed by atoms with van der Waals surface area (Å²) in [7, 11) is 0. The number of alkyl halides is 12. The molecule has 1 nitrogen and oxygen atoms in total. The monoisotopic (exact) mass is 510 g/mol. The molecule has 0 amide bonds. The average molecular weight is 516 g/mol. The van der Waals surface area contributed by atoms with Crippen molar-refractivity contribution in [3.05, 3.63) is 0 Å². The summed E-state index contributed by atoms with van der Waals surface area (Å²) >= 11 is 68.4. The van der Waals surface area contributed by atoms with Gasteiger partial charge in [0.15, 0.2) is 18.6 Å². The van der Waals surface area contributed by atoms with Crippen LogP contribution in [0.5, 0.6) is 0 Å². The molecule has 0 aliphatic carbocycles. The van der Waals surface area contributed by atoms with E-state index in [0.717, 1.165) is 0 Å². The highest BCUT2D eigenvalue weighted by Crippen LogP contribution is 2.66. The van der Waals surface area contributed by atoms with Gasteiger partial charge in [-0.15, -0.1) is 0 Å². The predicted octanol–water partition coefficient (Wildman–Crippen LogP) is 6.61. The fraction of sp³-hybridized carbons (Fsp3) is 1.00. The predicted molar refractivity (Wildman–Crippen MR) is 89.9 cm³/mol. The van der Waals surface area contributed by atoms with E-state index in [1.54, 1.807) is 0 Å². The van der Waals surface area contributed by atoms with Crippen LogP contribution in [0.3, 0.4) is 0 Å². The highest BCUT2D eigenvalue weighted by Gasteiger charge is 2.74. The molecule has 0 heterocycles. The van der Waals surface area contributed by atoms with Gasteiger partial charge in [-0.25, -0.2) is 0 Å². The molecule has 0 fully saturated rings. The topological polar surface area (TPSA) is 20.2 Å². The third-order valence-electron chi connectivity index (χ3n) is 1.86. The van der Waals surface area contributed by atoms with E-state index in [1.165, 1.54) is 0 Å². The Hall–Kier alpha value is 3.44. The molecule has 0 aliphatic heterocycles. The quantitative estimate of drug-likeness (QED) is 0.418. The second-order valence-electron chi connectivity index (χ2n) is 3.18. The maximum Gasteiger partial charge on any atom is 0.226 e. The van der Waals surface area contributed by atoms with Crippen LogP contribution in [-0.2, 0) is 0 Å². The second kappa shape index (κ2) is 6.75. The lowest BCUT2D eigenvalue weighted by molar-refractivity contribution is 0.222. The third kappa shape index (κ3) is 3.92. The van der Waals surface area contributed by atoms with Gasteiger partial charge in [0.1, 0.15) is 0 Å². The number of hydrogen-bond donors (Lipinski definition) is 1. The minimum atomic E-state index is -2.66.